The first-order valence-electron chi connectivity index (χ1n) is 15.8. The van der Waals surface area contributed by atoms with Crippen LogP contribution in [0.5, 0.6) is 5.75 Å². The Kier molecular flexibility index (Phi) is 17.4. The fourth-order valence-corrected chi connectivity index (χ4v) is 5.49. The number of piperidine rings is 1. The molecule has 0 aromatic heterocycles. The molecule has 0 N–H and O–H groups in total. The summed E-state index contributed by atoms with van der Waals surface area (Å²) in [6.07, 6.45) is 24.8. The molecule has 1 aromatic carbocycles. The minimum Gasteiger partial charge on any atom is -0.420 e. The fourth-order valence-electron chi connectivity index (χ4n) is 5.49. The van der Waals surface area contributed by atoms with Gasteiger partial charge in [0.1, 0.15) is 0 Å². The Labute approximate surface area is 238 Å². The first-order valence-corrected chi connectivity index (χ1v) is 15.8. The lowest BCUT2D eigenvalue weighted by Gasteiger charge is -2.30. The van der Waals surface area contributed by atoms with E-state index in [1.165, 1.54) is 109 Å². The van der Waals surface area contributed by atoms with Crippen LogP contribution in [0, 0.1) is 35.0 Å². The molecule has 1 fully saturated rings. The molecule has 1 saturated heterocycles. The highest BCUT2D eigenvalue weighted by atomic mass is 19.2. The second-order valence-electron chi connectivity index (χ2n) is 11.4. The van der Waals surface area contributed by atoms with Gasteiger partial charge in [-0.05, 0) is 38.9 Å². The highest BCUT2D eigenvalue weighted by Gasteiger charge is 2.32. The standard InChI is InChI=1S/C32H50F5NO2/c1-2-3-4-5-6-7-8-9-10-11-12-13-14-15-16-17-18-19-22-38-23-20-25(21-24-38)32(39)40-31-29(36)27(34)26(33)28(35)30(31)37/h25H,2-24H2,1H3. The van der Waals surface area contributed by atoms with Crippen molar-refractivity contribution in [3.8, 4) is 5.75 Å². The largest absolute Gasteiger partial charge is 0.420 e. The van der Waals surface area contributed by atoms with Crippen LogP contribution in [0.3, 0.4) is 0 Å². The molecule has 0 aliphatic carbocycles. The summed E-state index contributed by atoms with van der Waals surface area (Å²) >= 11 is 0. The first kappa shape index (κ1) is 34.5. The Balaban J connectivity index is 1.43. The van der Waals surface area contributed by atoms with Crippen molar-refractivity contribution in [3.05, 3.63) is 29.1 Å². The maximum Gasteiger partial charge on any atom is 0.314 e. The number of hydrogen-bond acceptors (Lipinski definition) is 3. The summed E-state index contributed by atoms with van der Waals surface area (Å²) < 4.78 is 72.1. The van der Waals surface area contributed by atoms with E-state index in [4.69, 9.17) is 0 Å². The van der Waals surface area contributed by atoms with Crippen molar-refractivity contribution < 1.29 is 31.5 Å². The normalized spacial score (nSPS) is 14.7. The van der Waals surface area contributed by atoms with E-state index in [9.17, 15) is 26.7 Å². The SMILES string of the molecule is CCCCCCCCCCCCCCCCCCCCN1CCC(C(=O)Oc2c(F)c(F)c(F)c(F)c2F)CC1. The van der Waals surface area contributed by atoms with Crippen LogP contribution < -0.4 is 4.74 Å². The molecular weight excluding hydrogens is 525 g/mol. The molecule has 1 aliphatic rings. The van der Waals surface area contributed by atoms with Gasteiger partial charge in [0.2, 0.25) is 34.8 Å². The average Bonchev–Trinajstić information content (AvgIpc) is 2.97. The minimum absolute atomic E-state index is 0.424. The van der Waals surface area contributed by atoms with Crippen molar-refractivity contribution in [2.45, 2.75) is 135 Å². The molecule has 0 atom stereocenters. The van der Waals surface area contributed by atoms with Crippen LogP contribution in [-0.2, 0) is 4.79 Å². The smallest absolute Gasteiger partial charge is 0.314 e. The number of benzene rings is 1. The fraction of sp³-hybridized carbons (Fsp3) is 0.781. The highest BCUT2D eigenvalue weighted by molar-refractivity contribution is 5.75. The zero-order valence-corrected chi connectivity index (χ0v) is 24.5. The van der Waals surface area contributed by atoms with Crippen LogP contribution in [-0.4, -0.2) is 30.5 Å². The number of nitrogens with zero attached hydrogens (tertiary/aromatic N) is 1. The minimum atomic E-state index is -2.28. The van der Waals surface area contributed by atoms with Gasteiger partial charge in [0.05, 0.1) is 5.92 Å². The molecule has 0 amide bonds. The molecule has 0 saturated carbocycles. The molecule has 0 spiro atoms. The molecule has 1 heterocycles. The van der Waals surface area contributed by atoms with Gasteiger partial charge in [-0.3, -0.25) is 4.79 Å². The van der Waals surface area contributed by atoms with E-state index in [2.05, 4.69) is 16.6 Å². The Morgan fingerprint density at radius 3 is 1.35 bits per heavy atom. The van der Waals surface area contributed by atoms with Gasteiger partial charge in [0, 0.05) is 0 Å². The third kappa shape index (κ3) is 12.4. The summed E-state index contributed by atoms with van der Waals surface area (Å²) in [5.41, 5.74) is 0. The van der Waals surface area contributed by atoms with Crippen molar-refractivity contribution in [3.63, 3.8) is 0 Å². The molecule has 1 aromatic rings. The van der Waals surface area contributed by atoms with E-state index < -0.39 is 46.7 Å². The Bertz CT molecular complexity index is 829. The summed E-state index contributed by atoms with van der Waals surface area (Å²) in [6.45, 7) is 4.46. The molecule has 8 heteroatoms. The van der Waals surface area contributed by atoms with E-state index in [0.29, 0.717) is 25.9 Å². The van der Waals surface area contributed by atoms with Gasteiger partial charge in [-0.1, -0.05) is 116 Å². The number of carbonyl (C=O) groups excluding carboxylic acids is 1. The van der Waals surface area contributed by atoms with Crippen LogP contribution in [0.4, 0.5) is 22.0 Å². The van der Waals surface area contributed by atoms with Crippen molar-refractivity contribution in [1.29, 1.82) is 0 Å². The van der Waals surface area contributed by atoms with Gasteiger partial charge in [-0.2, -0.15) is 8.78 Å². The first-order chi connectivity index (χ1) is 19.4. The maximum absolute atomic E-state index is 13.8. The quantitative estimate of drug-likeness (QED) is 0.0365. The number of halogens is 5. The van der Waals surface area contributed by atoms with Gasteiger partial charge < -0.3 is 9.64 Å². The third-order valence-corrected chi connectivity index (χ3v) is 8.12. The number of unbranched alkanes of at least 4 members (excludes halogenated alkanes) is 17. The Hall–Kier alpha value is -1.70. The lowest BCUT2D eigenvalue weighted by molar-refractivity contribution is -0.141. The van der Waals surface area contributed by atoms with Crippen LogP contribution in [0.1, 0.15) is 135 Å². The average molecular weight is 576 g/mol. The van der Waals surface area contributed by atoms with Gasteiger partial charge in [-0.15, -0.1) is 0 Å². The number of esters is 1. The second-order valence-corrected chi connectivity index (χ2v) is 11.4. The zero-order chi connectivity index (χ0) is 29.2. The number of ether oxygens (including phenoxy) is 1. The lowest BCUT2D eigenvalue weighted by atomic mass is 9.96. The van der Waals surface area contributed by atoms with Crippen molar-refractivity contribution >= 4 is 5.97 Å². The van der Waals surface area contributed by atoms with E-state index >= 15 is 0 Å². The van der Waals surface area contributed by atoms with Crippen LogP contribution in [0.25, 0.3) is 0 Å². The van der Waals surface area contributed by atoms with E-state index in [-0.39, 0.29) is 0 Å². The Morgan fingerprint density at radius 1 is 0.600 bits per heavy atom. The Morgan fingerprint density at radius 2 is 0.950 bits per heavy atom. The summed E-state index contributed by atoms with van der Waals surface area (Å²) in [4.78, 5) is 14.6. The number of carbonyl (C=O) groups is 1. The molecule has 40 heavy (non-hydrogen) atoms. The highest BCUT2D eigenvalue weighted by Crippen LogP contribution is 2.30. The molecule has 0 bridgehead atoms. The van der Waals surface area contributed by atoms with E-state index in [1.54, 1.807) is 0 Å². The maximum atomic E-state index is 13.8. The molecule has 0 radical (unpaired) electrons. The predicted octanol–water partition coefficient (Wildman–Crippen LogP) is 10.0. The molecule has 2 rings (SSSR count). The zero-order valence-electron chi connectivity index (χ0n) is 24.5. The molecule has 3 nitrogen and oxygen atoms in total. The summed E-state index contributed by atoms with van der Waals surface area (Å²) in [7, 11) is 0. The topological polar surface area (TPSA) is 29.5 Å². The second kappa shape index (κ2) is 20.2. The van der Waals surface area contributed by atoms with E-state index in [1.807, 2.05) is 0 Å². The van der Waals surface area contributed by atoms with Gasteiger partial charge in [-0.25, -0.2) is 13.2 Å². The van der Waals surface area contributed by atoms with Crippen LogP contribution in [0.15, 0.2) is 0 Å². The van der Waals surface area contributed by atoms with Gasteiger partial charge >= 0.3 is 5.97 Å². The van der Waals surface area contributed by atoms with Gasteiger partial charge in [0.15, 0.2) is 0 Å². The van der Waals surface area contributed by atoms with Crippen molar-refractivity contribution in [1.82, 2.24) is 4.90 Å². The summed E-state index contributed by atoms with van der Waals surface area (Å²) in [5, 5.41) is 0. The predicted molar refractivity (Wildman–Crippen MR) is 150 cm³/mol. The van der Waals surface area contributed by atoms with Crippen LogP contribution in [0.2, 0.25) is 0 Å². The van der Waals surface area contributed by atoms with Crippen molar-refractivity contribution in [2.75, 3.05) is 19.6 Å². The van der Waals surface area contributed by atoms with Gasteiger partial charge in [0.25, 0.3) is 0 Å². The monoisotopic (exact) mass is 575 g/mol. The summed E-state index contributed by atoms with van der Waals surface area (Å²) in [6, 6.07) is 0. The number of likely N-dealkylation sites (tertiary alicyclic amines) is 1. The molecule has 1 aliphatic heterocycles. The number of rotatable bonds is 21. The molecule has 0 unspecified atom stereocenters. The molecule has 230 valence electrons. The van der Waals surface area contributed by atoms with E-state index in [0.717, 1.165) is 13.0 Å². The van der Waals surface area contributed by atoms with Crippen molar-refractivity contribution in [2.24, 2.45) is 5.92 Å². The molecular formula is C32H50F5NO2. The third-order valence-electron chi connectivity index (χ3n) is 8.12. The summed E-state index contributed by atoms with van der Waals surface area (Å²) in [5.74, 6) is -13.9. The number of hydrogen-bond donors (Lipinski definition) is 0. The lowest BCUT2D eigenvalue weighted by Crippen LogP contribution is -2.38. The van der Waals surface area contributed by atoms with Crippen LogP contribution >= 0.6 is 0 Å².